The summed E-state index contributed by atoms with van der Waals surface area (Å²) >= 11 is 5.40. The van der Waals surface area contributed by atoms with Crippen molar-refractivity contribution >= 4 is 41.1 Å². The number of halogens is 4. The van der Waals surface area contributed by atoms with E-state index in [9.17, 15) is 37.1 Å². The van der Waals surface area contributed by atoms with Gasteiger partial charge in [-0.1, -0.05) is 38.8 Å². The van der Waals surface area contributed by atoms with Crippen LogP contribution in [0.25, 0.3) is 0 Å². The van der Waals surface area contributed by atoms with Crippen LogP contribution >= 0.6 is 11.6 Å². The first-order chi connectivity index (χ1) is 18.7. The molecule has 2 heterocycles. The van der Waals surface area contributed by atoms with Crippen LogP contribution in [0.15, 0.2) is 0 Å². The van der Waals surface area contributed by atoms with Crippen LogP contribution in [0.5, 0.6) is 0 Å². The summed E-state index contributed by atoms with van der Waals surface area (Å²) in [5.41, 5.74) is -0.872. The Morgan fingerprint density at radius 3 is 2.42 bits per heavy atom. The van der Waals surface area contributed by atoms with E-state index in [1.807, 2.05) is 6.92 Å². The summed E-state index contributed by atoms with van der Waals surface area (Å²) in [5.74, 6) is -9.34. The van der Waals surface area contributed by atoms with E-state index >= 15 is 0 Å². The summed E-state index contributed by atoms with van der Waals surface area (Å²) in [6.45, 7) is 5.58. The number of hydrogen-bond acceptors (Lipinski definition) is 5. The molecule has 4 fully saturated rings. The number of nitrogens with one attached hydrogen (secondary N) is 3. The van der Waals surface area contributed by atoms with E-state index < -0.39 is 70.9 Å². The number of amides is 5. The van der Waals surface area contributed by atoms with Gasteiger partial charge in [-0.15, -0.1) is 0 Å². The Morgan fingerprint density at radius 1 is 1.20 bits per heavy atom. The van der Waals surface area contributed by atoms with Crippen LogP contribution in [-0.4, -0.2) is 82.7 Å². The average molecular weight is 592 g/mol. The monoisotopic (exact) mass is 591 g/mol. The topological polar surface area (TPSA) is 128 Å². The van der Waals surface area contributed by atoms with Crippen molar-refractivity contribution in [3.05, 3.63) is 0 Å². The second-order valence-electron chi connectivity index (χ2n) is 12.1. The fraction of sp³-hybridized carbons (Fsp3) is 0.808. The van der Waals surface area contributed by atoms with E-state index in [-0.39, 0.29) is 30.8 Å². The lowest BCUT2D eigenvalue weighted by atomic mass is 9.80. The fourth-order valence-electron chi connectivity index (χ4n) is 6.12. The summed E-state index contributed by atoms with van der Waals surface area (Å²) < 4.78 is 41.1. The lowest BCUT2D eigenvalue weighted by Crippen LogP contribution is -2.61. The Bertz CT molecular complexity index is 1060. The third-order valence-electron chi connectivity index (χ3n) is 9.07. The standard InChI is InChI=1S/C26H37ClF3N5O5/c1-4-25(2,3)18(32-21(37)16-10-26(16,29)30)23(39)34-11-13-6-5-7-15(13)17(34)22(38)33-35(24(40)19(27)28)12-14-8-9-31-20(14)36/h13-19H,4-12H2,1-3H3,(H,31,36)(H,32,37)(H,33,38)/t13-,14-,15-,16?,17-,18+,19+/m0/s1. The number of carbonyl (C=O) groups excluding carboxylic acids is 5. The molecule has 2 saturated heterocycles. The maximum Gasteiger partial charge on any atom is 0.291 e. The zero-order valence-corrected chi connectivity index (χ0v) is 23.6. The maximum atomic E-state index is 14.0. The zero-order chi connectivity index (χ0) is 29.6. The first-order valence-corrected chi connectivity index (χ1v) is 14.3. The van der Waals surface area contributed by atoms with Crippen molar-refractivity contribution in [2.45, 2.75) is 82.9 Å². The normalized spacial score (nSPS) is 30.2. The van der Waals surface area contributed by atoms with Gasteiger partial charge in [-0.25, -0.2) is 18.2 Å². The highest BCUT2D eigenvalue weighted by Gasteiger charge is 2.62. The van der Waals surface area contributed by atoms with Crippen LogP contribution in [0, 0.1) is 29.1 Å². The second-order valence-corrected chi connectivity index (χ2v) is 12.5. The lowest BCUT2D eigenvalue weighted by molar-refractivity contribution is -0.151. The summed E-state index contributed by atoms with van der Waals surface area (Å²) in [5, 5.41) is 5.85. The van der Waals surface area contributed by atoms with Crippen LogP contribution in [0.3, 0.4) is 0 Å². The zero-order valence-electron chi connectivity index (χ0n) is 22.9. The van der Waals surface area contributed by atoms with Gasteiger partial charge in [0.05, 0.1) is 12.5 Å². The van der Waals surface area contributed by atoms with Gasteiger partial charge in [-0.3, -0.25) is 29.4 Å². The lowest BCUT2D eigenvalue weighted by Gasteiger charge is -2.38. The molecule has 5 amide bonds. The quantitative estimate of drug-likeness (QED) is 0.278. The van der Waals surface area contributed by atoms with Gasteiger partial charge in [-0.2, -0.15) is 0 Å². The Balaban J connectivity index is 1.57. The number of carbonyl (C=O) groups is 5. The van der Waals surface area contributed by atoms with E-state index in [1.165, 1.54) is 4.90 Å². The molecule has 7 atom stereocenters. The maximum absolute atomic E-state index is 14.0. The van der Waals surface area contributed by atoms with Crippen molar-refractivity contribution in [3.63, 3.8) is 0 Å². The van der Waals surface area contributed by atoms with Crippen molar-refractivity contribution in [1.29, 1.82) is 0 Å². The minimum atomic E-state index is -3.11. The fourth-order valence-corrected chi connectivity index (χ4v) is 6.24. The largest absolute Gasteiger partial charge is 0.356 e. The third-order valence-corrected chi connectivity index (χ3v) is 9.26. The van der Waals surface area contributed by atoms with Gasteiger partial charge in [-0.05, 0) is 42.9 Å². The van der Waals surface area contributed by atoms with Crippen molar-refractivity contribution in [2.24, 2.45) is 29.1 Å². The first-order valence-electron chi connectivity index (χ1n) is 13.8. The van der Waals surface area contributed by atoms with Crippen molar-refractivity contribution < 1.29 is 37.1 Å². The summed E-state index contributed by atoms with van der Waals surface area (Å²) in [4.78, 5) is 66.3. The van der Waals surface area contributed by atoms with E-state index in [0.29, 0.717) is 30.8 Å². The predicted molar refractivity (Wildman–Crippen MR) is 137 cm³/mol. The van der Waals surface area contributed by atoms with E-state index in [2.05, 4.69) is 16.1 Å². The molecule has 0 aromatic rings. The molecular formula is C26H37ClF3N5O5. The van der Waals surface area contributed by atoms with Crippen molar-refractivity contribution in [3.8, 4) is 0 Å². The molecule has 2 saturated carbocycles. The SMILES string of the molecule is CCC(C)(C)[C@H](NC(=O)C1CC1(F)F)C(=O)N1C[C@@H]2CCC[C@@H]2[C@H]1C(=O)NN(C[C@@H]1CCNC1=O)C(=O)[C@@H](F)Cl. The van der Waals surface area contributed by atoms with Crippen LogP contribution in [-0.2, 0) is 24.0 Å². The Morgan fingerprint density at radius 2 is 1.88 bits per heavy atom. The third kappa shape index (κ3) is 6.03. The minimum absolute atomic E-state index is 0.0136. The van der Waals surface area contributed by atoms with Crippen LogP contribution < -0.4 is 16.1 Å². The van der Waals surface area contributed by atoms with Gasteiger partial charge in [0.1, 0.15) is 18.0 Å². The summed E-state index contributed by atoms with van der Waals surface area (Å²) in [7, 11) is 0. The Labute approximate surface area is 236 Å². The molecule has 0 spiro atoms. The highest BCUT2D eigenvalue weighted by atomic mass is 35.5. The number of alkyl halides is 4. The molecule has 0 aromatic heterocycles. The molecule has 10 nitrogen and oxygen atoms in total. The molecule has 4 aliphatic rings. The van der Waals surface area contributed by atoms with Crippen LogP contribution in [0.2, 0.25) is 0 Å². The van der Waals surface area contributed by atoms with Gasteiger partial charge < -0.3 is 15.5 Å². The minimum Gasteiger partial charge on any atom is -0.356 e. The molecule has 3 N–H and O–H groups in total. The van der Waals surface area contributed by atoms with Gasteiger partial charge in [0.25, 0.3) is 23.4 Å². The first kappa shape index (κ1) is 30.4. The summed E-state index contributed by atoms with van der Waals surface area (Å²) in [6.07, 6.45) is 2.46. The molecule has 14 heteroatoms. The molecular weight excluding hydrogens is 555 g/mol. The van der Waals surface area contributed by atoms with Crippen molar-refractivity contribution in [1.82, 2.24) is 26.0 Å². The van der Waals surface area contributed by atoms with Gasteiger partial charge in [0, 0.05) is 19.5 Å². The van der Waals surface area contributed by atoms with E-state index in [4.69, 9.17) is 11.6 Å². The highest BCUT2D eigenvalue weighted by Crippen LogP contribution is 2.49. The van der Waals surface area contributed by atoms with Gasteiger partial charge in [0.2, 0.25) is 17.7 Å². The molecule has 0 bridgehead atoms. The highest BCUT2D eigenvalue weighted by molar-refractivity contribution is 6.29. The van der Waals surface area contributed by atoms with Gasteiger partial charge >= 0.3 is 0 Å². The predicted octanol–water partition coefficient (Wildman–Crippen LogP) is 1.72. The molecule has 2 aliphatic carbocycles. The van der Waals surface area contributed by atoms with Crippen LogP contribution in [0.4, 0.5) is 13.2 Å². The molecule has 0 radical (unpaired) electrons. The van der Waals surface area contributed by atoms with Crippen molar-refractivity contribution in [2.75, 3.05) is 19.6 Å². The average Bonchev–Trinajstić information content (AvgIpc) is 3.27. The molecule has 0 aromatic carbocycles. The smallest absolute Gasteiger partial charge is 0.291 e. The molecule has 40 heavy (non-hydrogen) atoms. The molecule has 2 aliphatic heterocycles. The van der Waals surface area contributed by atoms with E-state index in [0.717, 1.165) is 12.8 Å². The molecule has 224 valence electrons. The number of hydrazine groups is 1. The number of rotatable bonds is 9. The second kappa shape index (κ2) is 11.4. The summed E-state index contributed by atoms with van der Waals surface area (Å²) in [6, 6.07) is -2.22. The number of fused-ring (bicyclic) bond motifs is 1. The number of hydrogen-bond donors (Lipinski definition) is 3. The number of likely N-dealkylation sites (tertiary alicyclic amines) is 1. The molecule has 4 rings (SSSR count). The van der Waals surface area contributed by atoms with Gasteiger partial charge in [0.15, 0.2) is 0 Å². The van der Waals surface area contributed by atoms with Crippen LogP contribution in [0.1, 0.15) is 59.3 Å². The van der Waals surface area contributed by atoms with E-state index in [1.54, 1.807) is 13.8 Å². The number of nitrogens with zero attached hydrogens (tertiary/aromatic N) is 2. The Hall–Kier alpha value is -2.57. The Kier molecular flexibility index (Phi) is 8.64. The molecule has 1 unspecified atom stereocenters.